The van der Waals surface area contributed by atoms with E-state index in [1.807, 2.05) is 12.1 Å². The summed E-state index contributed by atoms with van der Waals surface area (Å²) in [5, 5.41) is 9.41. The molecule has 134 valence electrons. The maximum Gasteiger partial charge on any atom is 0.185 e. The predicted molar refractivity (Wildman–Crippen MR) is 105 cm³/mol. The molecule has 2 aromatic carbocycles. The Balaban J connectivity index is 1.69. The summed E-state index contributed by atoms with van der Waals surface area (Å²) >= 11 is 11.9. The van der Waals surface area contributed by atoms with Crippen molar-refractivity contribution in [3.8, 4) is 23.1 Å². The smallest absolute Gasteiger partial charge is 0.185 e. The molecule has 27 heavy (non-hydrogen) atoms. The number of carbonyl (C=O) groups excluding carboxylic acids is 1. The number of furan rings is 1. The molecule has 0 unspecified atom stereocenters. The van der Waals surface area contributed by atoms with Crippen molar-refractivity contribution in [2.75, 3.05) is 6.61 Å². The minimum atomic E-state index is -0.172. The van der Waals surface area contributed by atoms with E-state index in [0.717, 1.165) is 5.56 Å². The van der Waals surface area contributed by atoms with Crippen LogP contribution in [0.5, 0.6) is 5.75 Å². The first-order valence-electron chi connectivity index (χ1n) is 7.94. The fraction of sp³-hybridized carbons (Fsp3) is 0.0476. The molecule has 0 aliphatic heterocycles. The van der Waals surface area contributed by atoms with Gasteiger partial charge in [-0.2, -0.15) is 5.26 Å². The molecular formula is C21H13Cl2NO3. The van der Waals surface area contributed by atoms with Gasteiger partial charge < -0.3 is 9.15 Å². The Bertz CT molecular complexity index is 1030. The van der Waals surface area contributed by atoms with Crippen LogP contribution in [0.15, 0.2) is 65.1 Å². The fourth-order valence-corrected chi connectivity index (χ4v) is 2.63. The van der Waals surface area contributed by atoms with E-state index in [2.05, 4.69) is 0 Å². The maximum atomic E-state index is 12.2. The Morgan fingerprint density at radius 2 is 1.85 bits per heavy atom. The van der Waals surface area contributed by atoms with Crippen LogP contribution in [0.4, 0.5) is 0 Å². The summed E-state index contributed by atoms with van der Waals surface area (Å²) in [7, 11) is 0. The molecule has 1 heterocycles. The third-order valence-corrected chi connectivity index (χ3v) is 4.41. The molecule has 0 saturated carbocycles. The molecule has 0 aliphatic carbocycles. The number of benzene rings is 2. The van der Waals surface area contributed by atoms with Crippen molar-refractivity contribution in [2.45, 2.75) is 0 Å². The normalized spacial score (nSPS) is 10.7. The van der Waals surface area contributed by atoms with Crippen molar-refractivity contribution in [3.05, 3.63) is 82.0 Å². The van der Waals surface area contributed by atoms with Gasteiger partial charge in [-0.25, -0.2) is 0 Å². The molecule has 0 aliphatic rings. The number of ether oxygens (including phenoxy) is 1. The lowest BCUT2D eigenvalue weighted by molar-refractivity contribution is 0.104. The molecule has 0 N–H and O–H groups in total. The van der Waals surface area contributed by atoms with Gasteiger partial charge in [0.05, 0.1) is 10.0 Å². The highest BCUT2D eigenvalue weighted by Gasteiger charge is 2.07. The number of hydrogen-bond acceptors (Lipinski definition) is 4. The number of nitrogens with zero attached hydrogens (tertiary/aromatic N) is 1. The second-order valence-electron chi connectivity index (χ2n) is 5.50. The van der Waals surface area contributed by atoms with Gasteiger partial charge in [0.2, 0.25) is 0 Å². The lowest BCUT2D eigenvalue weighted by Gasteiger charge is -2.01. The Hall–Kier alpha value is -3.00. The predicted octanol–water partition coefficient (Wildman–Crippen LogP) is 6.05. The zero-order chi connectivity index (χ0) is 19.2. The van der Waals surface area contributed by atoms with Gasteiger partial charge in [-0.15, -0.1) is 0 Å². The van der Waals surface area contributed by atoms with Crippen LogP contribution in [0.3, 0.4) is 0 Å². The minimum absolute atomic E-state index is 0.0349. The maximum absolute atomic E-state index is 12.2. The summed E-state index contributed by atoms with van der Waals surface area (Å²) in [4.78, 5) is 12.2. The van der Waals surface area contributed by atoms with E-state index in [1.54, 1.807) is 54.6 Å². The van der Waals surface area contributed by atoms with E-state index in [0.29, 0.717) is 32.9 Å². The summed E-state index contributed by atoms with van der Waals surface area (Å²) in [5.41, 5.74) is 1.30. The van der Waals surface area contributed by atoms with Gasteiger partial charge in [0.15, 0.2) is 12.4 Å². The van der Waals surface area contributed by atoms with Gasteiger partial charge in [-0.3, -0.25) is 4.79 Å². The van der Waals surface area contributed by atoms with Gasteiger partial charge in [-0.05, 0) is 66.7 Å². The zero-order valence-corrected chi connectivity index (χ0v) is 15.5. The quantitative estimate of drug-likeness (QED) is 0.375. The van der Waals surface area contributed by atoms with Gasteiger partial charge in [0, 0.05) is 11.1 Å². The van der Waals surface area contributed by atoms with Crippen molar-refractivity contribution in [2.24, 2.45) is 0 Å². The number of ketones is 1. The highest BCUT2D eigenvalue weighted by atomic mass is 35.5. The molecule has 3 aromatic rings. The fourth-order valence-electron chi connectivity index (χ4n) is 2.33. The highest BCUT2D eigenvalue weighted by Crippen LogP contribution is 2.29. The molecular weight excluding hydrogens is 385 g/mol. The van der Waals surface area contributed by atoms with Crippen LogP contribution in [0.25, 0.3) is 17.4 Å². The zero-order valence-electron chi connectivity index (χ0n) is 14.0. The highest BCUT2D eigenvalue weighted by molar-refractivity contribution is 6.42. The molecule has 0 atom stereocenters. The third-order valence-electron chi connectivity index (χ3n) is 3.67. The Morgan fingerprint density at radius 3 is 2.56 bits per heavy atom. The van der Waals surface area contributed by atoms with Crippen LogP contribution >= 0.6 is 23.2 Å². The standard InChI is InChI=1S/C21H13Cl2NO3/c22-18-8-3-15(13-19(18)23)21-10-7-17(27-21)6-9-20(25)14-1-4-16(5-2-14)26-12-11-24/h1-10,13H,12H2/b9-6+. The third kappa shape index (κ3) is 4.79. The van der Waals surface area contributed by atoms with Crippen LogP contribution in [0.2, 0.25) is 10.0 Å². The van der Waals surface area contributed by atoms with Gasteiger partial charge >= 0.3 is 0 Å². The molecule has 0 radical (unpaired) electrons. The average Bonchev–Trinajstić information content (AvgIpc) is 3.16. The van der Waals surface area contributed by atoms with Gasteiger partial charge in [0.1, 0.15) is 23.3 Å². The van der Waals surface area contributed by atoms with Crippen LogP contribution in [0.1, 0.15) is 16.1 Å². The first-order valence-corrected chi connectivity index (χ1v) is 8.70. The van der Waals surface area contributed by atoms with E-state index in [1.165, 1.54) is 6.08 Å². The monoisotopic (exact) mass is 397 g/mol. The Labute approximate surface area is 166 Å². The Kier molecular flexibility index (Phi) is 5.97. The number of nitriles is 1. The van der Waals surface area contributed by atoms with Gasteiger partial charge in [0.25, 0.3) is 0 Å². The second-order valence-corrected chi connectivity index (χ2v) is 6.31. The SMILES string of the molecule is N#CCOc1ccc(C(=O)/C=C/c2ccc(-c3ccc(Cl)c(Cl)c3)o2)cc1. The molecule has 0 bridgehead atoms. The van der Waals surface area contributed by atoms with Crippen molar-refractivity contribution in [1.82, 2.24) is 0 Å². The van der Waals surface area contributed by atoms with Crippen molar-refractivity contribution in [3.63, 3.8) is 0 Å². The Morgan fingerprint density at radius 1 is 1.07 bits per heavy atom. The molecule has 1 aromatic heterocycles. The number of allylic oxidation sites excluding steroid dienone is 1. The van der Waals surface area contributed by atoms with Crippen LogP contribution in [-0.4, -0.2) is 12.4 Å². The molecule has 0 amide bonds. The largest absolute Gasteiger partial charge is 0.479 e. The van der Waals surface area contributed by atoms with Crippen molar-refractivity contribution >= 4 is 35.1 Å². The topological polar surface area (TPSA) is 63.2 Å². The molecule has 0 fully saturated rings. The summed E-state index contributed by atoms with van der Waals surface area (Å²) in [6.07, 6.45) is 3.03. The minimum Gasteiger partial charge on any atom is -0.479 e. The number of halogens is 2. The summed E-state index contributed by atoms with van der Waals surface area (Å²) in [5.74, 6) is 1.53. The molecule has 0 spiro atoms. The van der Waals surface area contributed by atoms with Gasteiger partial charge in [-0.1, -0.05) is 23.2 Å². The number of carbonyl (C=O) groups is 1. The summed E-state index contributed by atoms with van der Waals surface area (Å²) < 4.78 is 10.9. The molecule has 3 rings (SSSR count). The first-order chi connectivity index (χ1) is 13.1. The number of rotatable bonds is 6. The van der Waals surface area contributed by atoms with Crippen LogP contribution in [-0.2, 0) is 0 Å². The van der Waals surface area contributed by atoms with E-state index in [9.17, 15) is 4.79 Å². The average molecular weight is 398 g/mol. The lowest BCUT2D eigenvalue weighted by atomic mass is 10.1. The molecule has 4 nitrogen and oxygen atoms in total. The lowest BCUT2D eigenvalue weighted by Crippen LogP contribution is -1.96. The molecule has 6 heteroatoms. The first kappa shape index (κ1) is 18.8. The van der Waals surface area contributed by atoms with E-state index in [4.69, 9.17) is 37.6 Å². The second kappa shape index (κ2) is 8.59. The van der Waals surface area contributed by atoms with Crippen molar-refractivity contribution in [1.29, 1.82) is 5.26 Å². The molecule has 0 saturated heterocycles. The van der Waals surface area contributed by atoms with Crippen LogP contribution in [0, 0.1) is 11.3 Å². The van der Waals surface area contributed by atoms with E-state index in [-0.39, 0.29) is 12.4 Å². The summed E-state index contributed by atoms with van der Waals surface area (Å²) in [6, 6.07) is 17.2. The number of hydrogen-bond donors (Lipinski definition) is 0. The van der Waals surface area contributed by atoms with Crippen molar-refractivity contribution < 1.29 is 13.9 Å². The van der Waals surface area contributed by atoms with E-state index < -0.39 is 0 Å². The summed E-state index contributed by atoms with van der Waals surface area (Å²) in [6.45, 7) is -0.0349. The van der Waals surface area contributed by atoms with E-state index >= 15 is 0 Å². The van der Waals surface area contributed by atoms with Crippen LogP contribution < -0.4 is 4.74 Å².